The Morgan fingerprint density at radius 2 is 1.76 bits per heavy atom. The molecule has 0 aliphatic rings. The molecule has 0 aliphatic heterocycles. The van der Waals surface area contributed by atoms with Crippen molar-refractivity contribution in [3.05, 3.63) is 35.7 Å². The fourth-order valence-electron chi connectivity index (χ4n) is 1.86. The van der Waals surface area contributed by atoms with E-state index < -0.39 is 0 Å². The molecule has 3 heteroatoms. The summed E-state index contributed by atoms with van der Waals surface area (Å²) in [5.74, 6) is 0.443. The maximum absolute atomic E-state index is 6.32. The Morgan fingerprint density at radius 1 is 1.12 bits per heavy atom. The van der Waals surface area contributed by atoms with Crippen molar-refractivity contribution in [2.45, 2.75) is 32.6 Å². The van der Waals surface area contributed by atoms with Crippen LogP contribution in [-0.4, -0.2) is 15.6 Å². The molecular formula is C14H17ClN2. The zero-order chi connectivity index (χ0) is 12.4. The lowest BCUT2D eigenvalue weighted by molar-refractivity contribution is 0.589. The molecule has 1 atom stereocenters. The molecule has 1 aromatic heterocycles. The van der Waals surface area contributed by atoms with E-state index in [4.69, 9.17) is 11.6 Å². The largest absolute Gasteiger partial charge is 0.155 e. The average molecular weight is 249 g/mol. The van der Waals surface area contributed by atoms with Crippen molar-refractivity contribution >= 4 is 22.4 Å². The lowest BCUT2D eigenvalue weighted by atomic mass is 10.0. The first-order valence-corrected chi connectivity index (χ1v) is 6.38. The zero-order valence-corrected chi connectivity index (χ0v) is 11.2. The molecule has 0 bridgehead atoms. The summed E-state index contributed by atoms with van der Waals surface area (Å²) in [7, 11) is 0. The molecule has 1 unspecified atom stereocenters. The van der Waals surface area contributed by atoms with Gasteiger partial charge in [-0.15, -0.1) is 11.6 Å². The summed E-state index contributed by atoms with van der Waals surface area (Å²) in [6.07, 6.45) is 0.771. The van der Waals surface area contributed by atoms with E-state index in [1.807, 2.05) is 19.1 Å². The first-order valence-electron chi connectivity index (χ1n) is 5.94. The molecule has 90 valence electrons. The van der Waals surface area contributed by atoms with Gasteiger partial charge < -0.3 is 0 Å². The van der Waals surface area contributed by atoms with E-state index in [9.17, 15) is 0 Å². The maximum Gasteiger partial charge on any atom is 0.0724 e. The van der Waals surface area contributed by atoms with Crippen LogP contribution in [0, 0.1) is 12.8 Å². The van der Waals surface area contributed by atoms with Gasteiger partial charge in [0.05, 0.1) is 11.4 Å². The number of aryl methyl sites for hydroxylation is 1. The number of alkyl halides is 1. The Kier molecular flexibility index (Phi) is 3.63. The molecule has 0 radical (unpaired) electrons. The first kappa shape index (κ1) is 12.3. The summed E-state index contributed by atoms with van der Waals surface area (Å²) in [5.41, 5.74) is 1.97. The lowest BCUT2D eigenvalue weighted by Gasteiger charge is -2.14. The molecule has 0 N–H and O–H groups in total. The zero-order valence-electron chi connectivity index (χ0n) is 10.4. The molecule has 0 saturated carbocycles. The molecule has 0 aliphatic carbocycles. The summed E-state index contributed by atoms with van der Waals surface area (Å²) in [6, 6.07) is 8.24. The van der Waals surface area contributed by atoms with Gasteiger partial charge in [0, 0.05) is 22.6 Å². The van der Waals surface area contributed by atoms with Gasteiger partial charge in [0.2, 0.25) is 0 Å². The van der Waals surface area contributed by atoms with Crippen molar-refractivity contribution in [2.24, 2.45) is 5.92 Å². The standard InChI is InChI=1S/C14H17ClN2/c1-9(2)13(15)8-14-12-7-5-4-6-11(12)10(3)16-17-14/h4-7,9,13H,8H2,1-3H3. The van der Waals surface area contributed by atoms with Gasteiger partial charge in [-0.1, -0.05) is 38.1 Å². The summed E-state index contributed by atoms with van der Waals surface area (Å²) >= 11 is 6.32. The van der Waals surface area contributed by atoms with Crippen LogP contribution in [0.15, 0.2) is 24.3 Å². The van der Waals surface area contributed by atoms with Crippen LogP contribution < -0.4 is 0 Å². The topological polar surface area (TPSA) is 25.8 Å². The fourth-order valence-corrected chi connectivity index (χ4v) is 2.01. The minimum atomic E-state index is 0.107. The Hall–Kier alpha value is -1.15. The number of hydrogen-bond donors (Lipinski definition) is 0. The van der Waals surface area contributed by atoms with E-state index in [0.717, 1.165) is 17.8 Å². The third-order valence-electron chi connectivity index (χ3n) is 3.06. The highest BCUT2D eigenvalue weighted by atomic mass is 35.5. The molecular weight excluding hydrogens is 232 g/mol. The second kappa shape index (κ2) is 5.01. The minimum Gasteiger partial charge on any atom is -0.155 e. The van der Waals surface area contributed by atoms with E-state index >= 15 is 0 Å². The van der Waals surface area contributed by atoms with Crippen molar-refractivity contribution in [3.63, 3.8) is 0 Å². The van der Waals surface area contributed by atoms with Gasteiger partial charge in [0.25, 0.3) is 0 Å². The van der Waals surface area contributed by atoms with Gasteiger partial charge in [-0.05, 0) is 12.8 Å². The van der Waals surface area contributed by atoms with Crippen LogP contribution in [0.2, 0.25) is 0 Å². The van der Waals surface area contributed by atoms with Crippen LogP contribution in [-0.2, 0) is 6.42 Å². The number of aromatic nitrogens is 2. The first-order chi connectivity index (χ1) is 8.09. The molecule has 0 fully saturated rings. The highest BCUT2D eigenvalue weighted by Crippen LogP contribution is 2.22. The Balaban J connectivity index is 2.45. The lowest BCUT2D eigenvalue weighted by Crippen LogP contribution is -2.13. The number of halogens is 1. The van der Waals surface area contributed by atoms with E-state index in [1.165, 1.54) is 10.8 Å². The molecule has 1 aromatic carbocycles. The fraction of sp³-hybridized carbons (Fsp3) is 0.429. The summed E-state index contributed by atoms with van der Waals surface area (Å²) in [4.78, 5) is 0. The molecule has 0 spiro atoms. The summed E-state index contributed by atoms with van der Waals surface area (Å²) in [6.45, 7) is 6.24. The quantitative estimate of drug-likeness (QED) is 0.774. The number of rotatable bonds is 3. The predicted octanol–water partition coefficient (Wildman–Crippen LogP) is 3.74. The van der Waals surface area contributed by atoms with Gasteiger partial charge >= 0.3 is 0 Å². The predicted molar refractivity (Wildman–Crippen MR) is 72.5 cm³/mol. The molecule has 2 nitrogen and oxygen atoms in total. The van der Waals surface area contributed by atoms with Gasteiger partial charge in [-0.3, -0.25) is 0 Å². The van der Waals surface area contributed by atoms with Crippen LogP contribution in [0.5, 0.6) is 0 Å². The van der Waals surface area contributed by atoms with E-state index in [0.29, 0.717) is 5.92 Å². The number of fused-ring (bicyclic) bond motifs is 1. The van der Waals surface area contributed by atoms with Crippen molar-refractivity contribution in [1.82, 2.24) is 10.2 Å². The molecule has 0 amide bonds. The molecule has 2 aromatic rings. The van der Waals surface area contributed by atoms with Crippen molar-refractivity contribution in [2.75, 3.05) is 0 Å². The molecule has 0 saturated heterocycles. The Morgan fingerprint density at radius 3 is 2.41 bits per heavy atom. The molecule has 2 rings (SSSR count). The van der Waals surface area contributed by atoms with Crippen molar-refractivity contribution in [3.8, 4) is 0 Å². The van der Waals surface area contributed by atoms with Gasteiger partial charge in [0.15, 0.2) is 0 Å². The highest BCUT2D eigenvalue weighted by Gasteiger charge is 2.14. The van der Waals surface area contributed by atoms with E-state index in [1.54, 1.807) is 0 Å². The monoisotopic (exact) mass is 248 g/mol. The number of nitrogens with zero attached hydrogens (tertiary/aromatic N) is 2. The van der Waals surface area contributed by atoms with Crippen molar-refractivity contribution in [1.29, 1.82) is 0 Å². The third kappa shape index (κ3) is 2.58. The average Bonchev–Trinajstić information content (AvgIpc) is 2.33. The van der Waals surface area contributed by atoms with Crippen LogP contribution in [0.25, 0.3) is 10.8 Å². The molecule has 1 heterocycles. The Labute approximate surface area is 107 Å². The van der Waals surface area contributed by atoms with E-state index in [-0.39, 0.29) is 5.38 Å². The second-order valence-electron chi connectivity index (χ2n) is 4.74. The summed E-state index contributed by atoms with van der Waals surface area (Å²) in [5, 5.41) is 11.0. The Bertz CT molecular complexity index is 523. The smallest absolute Gasteiger partial charge is 0.0724 e. The number of hydrogen-bond acceptors (Lipinski definition) is 2. The highest BCUT2D eigenvalue weighted by molar-refractivity contribution is 6.21. The van der Waals surface area contributed by atoms with Gasteiger partial charge in [0.1, 0.15) is 0 Å². The maximum atomic E-state index is 6.32. The number of benzene rings is 1. The third-order valence-corrected chi connectivity index (χ3v) is 3.72. The molecule has 17 heavy (non-hydrogen) atoms. The SMILES string of the molecule is Cc1nnc(CC(Cl)C(C)C)c2ccccc12. The van der Waals surface area contributed by atoms with E-state index in [2.05, 4.69) is 36.2 Å². The van der Waals surface area contributed by atoms with Crippen LogP contribution in [0.3, 0.4) is 0 Å². The second-order valence-corrected chi connectivity index (χ2v) is 5.30. The minimum absolute atomic E-state index is 0.107. The van der Waals surface area contributed by atoms with Crippen LogP contribution in [0.4, 0.5) is 0 Å². The van der Waals surface area contributed by atoms with Gasteiger partial charge in [-0.2, -0.15) is 10.2 Å². The van der Waals surface area contributed by atoms with Crippen molar-refractivity contribution < 1.29 is 0 Å². The normalized spacial score (nSPS) is 13.2. The summed E-state index contributed by atoms with van der Waals surface area (Å²) < 4.78 is 0. The van der Waals surface area contributed by atoms with Gasteiger partial charge in [-0.25, -0.2) is 0 Å². The van der Waals surface area contributed by atoms with Crippen LogP contribution >= 0.6 is 11.6 Å². The van der Waals surface area contributed by atoms with Crippen LogP contribution in [0.1, 0.15) is 25.2 Å².